The highest BCUT2D eigenvalue weighted by Gasteiger charge is 2.34. The molecule has 1 atom stereocenters. The molecule has 3 aromatic carbocycles. The molecule has 0 aromatic heterocycles. The zero-order chi connectivity index (χ0) is 29.6. The number of para-hydroxylation sites is 1. The molecule has 2 amide bonds. The molecule has 0 spiro atoms. The molecule has 0 unspecified atom stereocenters. The Hall–Kier alpha value is -3.07. The number of carbonyl (C=O) groups excluding carboxylic acids is 2. The average molecular weight is 605 g/mol. The Balaban J connectivity index is 2.10. The molecule has 1 N–H and O–H groups in total. The number of benzene rings is 3. The van der Waals surface area contributed by atoms with E-state index in [9.17, 15) is 18.0 Å². The molecule has 7 nitrogen and oxygen atoms in total. The number of aryl methyl sites for hydroxylation is 2. The van der Waals surface area contributed by atoms with Gasteiger partial charge in [-0.15, -0.1) is 0 Å². The van der Waals surface area contributed by atoms with Gasteiger partial charge in [0.15, 0.2) is 0 Å². The van der Waals surface area contributed by atoms with Crippen LogP contribution in [0.3, 0.4) is 0 Å². The second-order valence-electron chi connectivity index (χ2n) is 9.96. The standard InChI is InChI=1S/C30H35Cl2N3O4S/c1-6-27(30(37)33-20(2)3)34(18-23-13-14-24(31)17-26(23)32)29(36)19-35(28-10-8-7-9-22(28)5)40(38,39)25-15-11-21(4)12-16-25/h7-17,20,27H,6,18-19H2,1-5H3,(H,33,37)/t27-/m1/s1. The summed E-state index contributed by atoms with van der Waals surface area (Å²) in [6.07, 6.45) is 0.310. The summed E-state index contributed by atoms with van der Waals surface area (Å²) in [5, 5.41) is 3.65. The number of rotatable bonds is 11. The Morgan fingerprint density at radius 2 is 1.60 bits per heavy atom. The van der Waals surface area contributed by atoms with Crippen LogP contribution in [0, 0.1) is 13.8 Å². The Morgan fingerprint density at radius 3 is 2.17 bits per heavy atom. The first kappa shape index (κ1) is 31.5. The van der Waals surface area contributed by atoms with Gasteiger partial charge in [0.1, 0.15) is 12.6 Å². The lowest BCUT2D eigenvalue weighted by atomic mass is 10.1. The fraction of sp³-hybridized carbons (Fsp3) is 0.333. The second kappa shape index (κ2) is 13.5. The van der Waals surface area contributed by atoms with E-state index in [0.717, 1.165) is 9.87 Å². The van der Waals surface area contributed by atoms with E-state index in [2.05, 4.69) is 5.32 Å². The maximum absolute atomic E-state index is 14.1. The van der Waals surface area contributed by atoms with Gasteiger partial charge in [0.25, 0.3) is 10.0 Å². The predicted molar refractivity (Wildman–Crippen MR) is 161 cm³/mol. The van der Waals surface area contributed by atoms with Crippen LogP contribution in [0.1, 0.15) is 43.9 Å². The van der Waals surface area contributed by atoms with Crippen LogP contribution in [0.5, 0.6) is 0 Å². The van der Waals surface area contributed by atoms with E-state index in [4.69, 9.17) is 23.2 Å². The number of sulfonamides is 1. The van der Waals surface area contributed by atoms with Crippen molar-refractivity contribution in [2.45, 2.75) is 64.6 Å². The third-order valence-electron chi connectivity index (χ3n) is 6.44. The maximum Gasteiger partial charge on any atom is 0.264 e. The van der Waals surface area contributed by atoms with Gasteiger partial charge in [0.2, 0.25) is 11.8 Å². The van der Waals surface area contributed by atoms with Crippen molar-refractivity contribution in [2.24, 2.45) is 0 Å². The number of hydrogen-bond donors (Lipinski definition) is 1. The fourth-order valence-corrected chi connectivity index (χ4v) is 6.27. The van der Waals surface area contributed by atoms with Gasteiger partial charge < -0.3 is 10.2 Å². The molecule has 0 aliphatic carbocycles. The second-order valence-corrected chi connectivity index (χ2v) is 12.7. The molecule has 0 heterocycles. The summed E-state index contributed by atoms with van der Waals surface area (Å²) in [5.74, 6) is -0.879. The maximum atomic E-state index is 14.1. The fourth-order valence-electron chi connectivity index (χ4n) is 4.33. The molecule has 3 rings (SSSR count). The van der Waals surface area contributed by atoms with Crippen molar-refractivity contribution in [2.75, 3.05) is 10.8 Å². The lowest BCUT2D eigenvalue weighted by molar-refractivity contribution is -0.140. The minimum Gasteiger partial charge on any atom is -0.352 e. The highest BCUT2D eigenvalue weighted by atomic mass is 35.5. The van der Waals surface area contributed by atoms with Crippen LogP contribution in [0.25, 0.3) is 0 Å². The summed E-state index contributed by atoms with van der Waals surface area (Å²) < 4.78 is 29.0. The van der Waals surface area contributed by atoms with E-state index in [1.807, 2.05) is 20.8 Å². The lowest BCUT2D eigenvalue weighted by Crippen LogP contribution is -2.53. The van der Waals surface area contributed by atoms with Gasteiger partial charge in [0.05, 0.1) is 10.6 Å². The number of hydrogen-bond acceptors (Lipinski definition) is 4. The van der Waals surface area contributed by atoms with Crippen molar-refractivity contribution >= 4 is 50.7 Å². The van der Waals surface area contributed by atoms with Crippen LogP contribution >= 0.6 is 23.2 Å². The Kier molecular flexibility index (Phi) is 10.6. The predicted octanol–water partition coefficient (Wildman–Crippen LogP) is 6.14. The number of anilines is 1. The summed E-state index contributed by atoms with van der Waals surface area (Å²) in [4.78, 5) is 28.8. The van der Waals surface area contributed by atoms with Gasteiger partial charge >= 0.3 is 0 Å². The van der Waals surface area contributed by atoms with Crippen LogP contribution in [0.4, 0.5) is 5.69 Å². The number of carbonyl (C=O) groups is 2. The Morgan fingerprint density at radius 1 is 0.950 bits per heavy atom. The van der Waals surface area contributed by atoms with E-state index in [1.54, 1.807) is 68.4 Å². The number of nitrogens with one attached hydrogen (secondary N) is 1. The lowest BCUT2D eigenvalue weighted by Gasteiger charge is -2.34. The van der Waals surface area contributed by atoms with Gasteiger partial charge in [-0.3, -0.25) is 13.9 Å². The molecule has 0 bridgehead atoms. The van der Waals surface area contributed by atoms with E-state index >= 15 is 0 Å². The normalized spacial score (nSPS) is 12.2. The van der Waals surface area contributed by atoms with E-state index < -0.39 is 28.5 Å². The molecule has 0 aliphatic rings. The summed E-state index contributed by atoms with van der Waals surface area (Å²) in [7, 11) is -4.14. The van der Waals surface area contributed by atoms with Gasteiger partial charge in [-0.05, 0) is 75.6 Å². The van der Waals surface area contributed by atoms with Crippen molar-refractivity contribution in [3.8, 4) is 0 Å². The van der Waals surface area contributed by atoms with Crippen LogP contribution in [0.2, 0.25) is 10.0 Å². The molecule has 0 saturated heterocycles. The van der Waals surface area contributed by atoms with Crippen molar-refractivity contribution in [3.63, 3.8) is 0 Å². The van der Waals surface area contributed by atoms with Crippen LogP contribution in [0.15, 0.2) is 71.6 Å². The van der Waals surface area contributed by atoms with Crippen LogP contribution in [-0.4, -0.2) is 43.8 Å². The first-order valence-electron chi connectivity index (χ1n) is 13.0. The van der Waals surface area contributed by atoms with E-state index in [1.165, 1.54) is 17.0 Å². The third kappa shape index (κ3) is 7.56. The molecule has 0 fully saturated rings. The summed E-state index contributed by atoms with van der Waals surface area (Å²) in [6.45, 7) is 8.60. The van der Waals surface area contributed by atoms with E-state index in [0.29, 0.717) is 33.3 Å². The summed E-state index contributed by atoms with van der Waals surface area (Å²) in [6, 6.07) is 17.4. The van der Waals surface area contributed by atoms with E-state index in [-0.39, 0.29) is 23.4 Å². The van der Waals surface area contributed by atoms with Crippen LogP contribution in [-0.2, 0) is 26.2 Å². The smallest absolute Gasteiger partial charge is 0.264 e. The minimum absolute atomic E-state index is 0.00888. The topological polar surface area (TPSA) is 86.8 Å². The quantitative estimate of drug-likeness (QED) is 0.285. The summed E-state index contributed by atoms with van der Waals surface area (Å²) >= 11 is 12.5. The average Bonchev–Trinajstić information content (AvgIpc) is 2.88. The molecule has 3 aromatic rings. The minimum atomic E-state index is -4.14. The zero-order valence-corrected chi connectivity index (χ0v) is 25.6. The molecular formula is C30H35Cl2N3O4S. The van der Waals surface area contributed by atoms with Crippen molar-refractivity contribution < 1.29 is 18.0 Å². The van der Waals surface area contributed by atoms with Crippen LogP contribution < -0.4 is 9.62 Å². The van der Waals surface area contributed by atoms with Gasteiger partial charge in [0, 0.05) is 22.6 Å². The third-order valence-corrected chi connectivity index (χ3v) is 8.81. The van der Waals surface area contributed by atoms with Crippen molar-refractivity contribution in [1.82, 2.24) is 10.2 Å². The van der Waals surface area contributed by atoms with Crippen molar-refractivity contribution in [1.29, 1.82) is 0 Å². The number of nitrogens with zero attached hydrogens (tertiary/aromatic N) is 2. The number of amides is 2. The monoisotopic (exact) mass is 603 g/mol. The van der Waals surface area contributed by atoms with Gasteiger partial charge in [-0.1, -0.05) is 72.1 Å². The molecule has 0 radical (unpaired) electrons. The van der Waals surface area contributed by atoms with Crippen molar-refractivity contribution in [3.05, 3.63) is 93.5 Å². The Bertz CT molecular complexity index is 1460. The molecule has 10 heteroatoms. The van der Waals surface area contributed by atoms with Gasteiger partial charge in [-0.2, -0.15) is 0 Å². The summed E-state index contributed by atoms with van der Waals surface area (Å²) in [5.41, 5.74) is 2.55. The molecule has 0 aliphatic heterocycles. The Labute approximate surface area is 247 Å². The molecular weight excluding hydrogens is 569 g/mol. The first-order chi connectivity index (χ1) is 18.8. The highest BCUT2D eigenvalue weighted by molar-refractivity contribution is 7.92. The molecule has 0 saturated carbocycles. The zero-order valence-electron chi connectivity index (χ0n) is 23.3. The molecule has 214 valence electrons. The largest absolute Gasteiger partial charge is 0.352 e. The number of halogens is 2. The van der Waals surface area contributed by atoms with Gasteiger partial charge in [-0.25, -0.2) is 8.42 Å². The highest BCUT2D eigenvalue weighted by Crippen LogP contribution is 2.29. The molecule has 40 heavy (non-hydrogen) atoms. The first-order valence-corrected chi connectivity index (χ1v) is 15.2. The SMILES string of the molecule is CC[C@H](C(=O)NC(C)C)N(Cc1ccc(Cl)cc1Cl)C(=O)CN(c1ccccc1C)S(=O)(=O)c1ccc(C)cc1.